The molecule has 202 valence electrons. The Balaban J connectivity index is 1.87. The number of hydrogen-bond acceptors (Lipinski definition) is 5. The van der Waals surface area contributed by atoms with Gasteiger partial charge in [-0.2, -0.15) is 0 Å². The molecule has 3 aromatic carbocycles. The van der Waals surface area contributed by atoms with Gasteiger partial charge in [0, 0.05) is 23.9 Å². The molecular formula is C30H36N2O5S. The largest absolute Gasteiger partial charge is 0.480 e. The standard InChI is InChI=1S/C30H36N2O5S/c1-21-10-8-9-13-24(21)26-18-23(20-31-30(2,3)19-22-11-6-5-7-12-22)14-15-25(26)28(33)32-27(29(34)35)16-17-38(4,36)37/h5-15,18,27,31H,16-17,19-20H2,1-4H3,(H,32,33)(H,34,35)/t27-/m0/s1. The molecule has 0 heterocycles. The van der Waals surface area contributed by atoms with Crippen LogP contribution in [0.25, 0.3) is 11.1 Å². The van der Waals surface area contributed by atoms with Crippen LogP contribution in [0.2, 0.25) is 0 Å². The molecule has 3 N–H and O–H groups in total. The SMILES string of the molecule is Cc1ccccc1-c1cc(CNC(C)(C)Cc2ccccc2)ccc1C(=O)N[C@@H](CCS(C)(=O)=O)C(=O)O. The molecule has 0 unspecified atom stereocenters. The minimum Gasteiger partial charge on any atom is -0.480 e. The first-order valence-electron chi connectivity index (χ1n) is 12.5. The Morgan fingerprint density at radius 2 is 1.58 bits per heavy atom. The summed E-state index contributed by atoms with van der Waals surface area (Å²) in [5.74, 6) is -2.17. The summed E-state index contributed by atoms with van der Waals surface area (Å²) in [5, 5.41) is 15.7. The van der Waals surface area contributed by atoms with Crippen molar-refractivity contribution in [1.29, 1.82) is 0 Å². The van der Waals surface area contributed by atoms with Gasteiger partial charge in [0.05, 0.1) is 5.75 Å². The summed E-state index contributed by atoms with van der Waals surface area (Å²) in [5.41, 5.74) is 4.91. The first kappa shape index (κ1) is 29.1. The van der Waals surface area contributed by atoms with Crippen LogP contribution < -0.4 is 10.6 Å². The first-order chi connectivity index (χ1) is 17.8. The number of rotatable bonds is 12. The van der Waals surface area contributed by atoms with Gasteiger partial charge in [-0.1, -0.05) is 60.7 Å². The van der Waals surface area contributed by atoms with Crippen molar-refractivity contribution in [3.8, 4) is 11.1 Å². The zero-order chi connectivity index (χ0) is 27.9. The van der Waals surface area contributed by atoms with Crippen LogP contribution in [-0.4, -0.2) is 49.0 Å². The van der Waals surface area contributed by atoms with E-state index >= 15 is 0 Å². The number of carbonyl (C=O) groups excluding carboxylic acids is 1. The fourth-order valence-corrected chi connectivity index (χ4v) is 5.00. The van der Waals surface area contributed by atoms with E-state index in [0.29, 0.717) is 17.7 Å². The Morgan fingerprint density at radius 1 is 0.921 bits per heavy atom. The van der Waals surface area contributed by atoms with E-state index in [2.05, 4.69) is 36.6 Å². The first-order valence-corrected chi connectivity index (χ1v) is 14.6. The van der Waals surface area contributed by atoms with Gasteiger partial charge in [-0.05, 0) is 73.6 Å². The third kappa shape index (κ3) is 8.53. The molecule has 0 aromatic heterocycles. The smallest absolute Gasteiger partial charge is 0.326 e. The van der Waals surface area contributed by atoms with Crippen LogP contribution in [0, 0.1) is 6.92 Å². The number of sulfone groups is 1. The Morgan fingerprint density at radius 3 is 2.21 bits per heavy atom. The summed E-state index contributed by atoms with van der Waals surface area (Å²) in [6.45, 7) is 6.82. The second-order valence-electron chi connectivity index (χ2n) is 10.4. The van der Waals surface area contributed by atoms with Crippen molar-refractivity contribution in [1.82, 2.24) is 10.6 Å². The molecule has 3 rings (SSSR count). The highest BCUT2D eigenvalue weighted by atomic mass is 32.2. The Hall–Kier alpha value is -3.49. The van der Waals surface area contributed by atoms with Crippen molar-refractivity contribution in [2.45, 2.75) is 51.7 Å². The second-order valence-corrected chi connectivity index (χ2v) is 12.6. The maximum Gasteiger partial charge on any atom is 0.326 e. The predicted octanol–water partition coefficient (Wildman–Crippen LogP) is 4.39. The molecular weight excluding hydrogens is 500 g/mol. The van der Waals surface area contributed by atoms with Gasteiger partial charge in [-0.3, -0.25) is 4.79 Å². The number of amides is 1. The van der Waals surface area contributed by atoms with Crippen molar-refractivity contribution in [3.05, 3.63) is 95.1 Å². The lowest BCUT2D eigenvalue weighted by molar-refractivity contribution is -0.139. The number of aliphatic carboxylic acids is 1. The molecule has 1 amide bonds. The zero-order valence-corrected chi connectivity index (χ0v) is 23.1. The molecule has 1 atom stereocenters. The average molecular weight is 537 g/mol. The van der Waals surface area contributed by atoms with E-state index in [0.717, 1.165) is 29.4 Å². The van der Waals surface area contributed by atoms with Crippen LogP contribution in [0.5, 0.6) is 0 Å². The molecule has 7 nitrogen and oxygen atoms in total. The van der Waals surface area contributed by atoms with Crippen molar-refractivity contribution >= 4 is 21.7 Å². The highest BCUT2D eigenvalue weighted by molar-refractivity contribution is 7.90. The zero-order valence-electron chi connectivity index (χ0n) is 22.3. The number of benzene rings is 3. The molecule has 3 aromatic rings. The Bertz CT molecular complexity index is 1380. The van der Waals surface area contributed by atoms with Crippen LogP contribution in [-0.2, 0) is 27.6 Å². The normalized spacial score (nSPS) is 12.6. The summed E-state index contributed by atoms with van der Waals surface area (Å²) in [7, 11) is -3.38. The van der Waals surface area contributed by atoms with Gasteiger partial charge in [0.25, 0.3) is 5.91 Å². The van der Waals surface area contributed by atoms with Crippen LogP contribution in [0.3, 0.4) is 0 Å². The number of carboxylic acids is 1. The molecule has 0 fully saturated rings. The third-order valence-electron chi connectivity index (χ3n) is 6.40. The van der Waals surface area contributed by atoms with Gasteiger partial charge in [-0.15, -0.1) is 0 Å². The molecule has 0 saturated heterocycles. The highest BCUT2D eigenvalue weighted by Crippen LogP contribution is 2.29. The van der Waals surface area contributed by atoms with Gasteiger partial charge >= 0.3 is 5.97 Å². The Kier molecular flexibility index (Phi) is 9.46. The molecule has 0 aliphatic heterocycles. The number of nitrogens with one attached hydrogen (secondary N) is 2. The van der Waals surface area contributed by atoms with Crippen LogP contribution in [0.1, 0.15) is 47.3 Å². The molecule has 8 heteroatoms. The van der Waals surface area contributed by atoms with Crippen molar-refractivity contribution < 1.29 is 23.1 Å². The maximum absolute atomic E-state index is 13.3. The molecule has 38 heavy (non-hydrogen) atoms. The third-order valence-corrected chi connectivity index (χ3v) is 7.38. The van der Waals surface area contributed by atoms with E-state index < -0.39 is 27.8 Å². The van der Waals surface area contributed by atoms with Crippen molar-refractivity contribution in [2.75, 3.05) is 12.0 Å². The lowest BCUT2D eigenvalue weighted by atomic mass is 9.92. The maximum atomic E-state index is 13.3. The van der Waals surface area contributed by atoms with Gasteiger partial charge in [0.1, 0.15) is 15.9 Å². The number of carbonyl (C=O) groups is 2. The predicted molar refractivity (Wildman–Crippen MR) is 151 cm³/mol. The van der Waals surface area contributed by atoms with Gasteiger partial charge in [0.15, 0.2) is 0 Å². The van der Waals surface area contributed by atoms with Crippen LogP contribution in [0.15, 0.2) is 72.8 Å². The van der Waals surface area contributed by atoms with Crippen molar-refractivity contribution in [3.63, 3.8) is 0 Å². The van der Waals surface area contributed by atoms with E-state index in [1.807, 2.05) is 61.5 Å². The molecule has 0 aliphatic rings. The summed E-state index contributed by atoms with van der Waals surface area (Å²) >= 11 is 0. The number of hydrogen-bond donors (Lipinski definition) is 3. The van der Waals surface area contributed by atoms with E-state index in [1.165, 1.54) is 5.56 Å². The summed E-state index contributed by atoms with van der Waals surface area (Å²) in [6.07, 6.45) is 1.68. The second kappa shape index (κ2) is 12.4. The monoisotopic (exact) mass is 536 g/mol. The minimum absolute atomic E-state index is 0.172. The number of aryl methyl sites for hydroxylation is 1. The van der Waals surface area contributed by atoms with Gasteiger partial charge in [0.2, 0.25) is 0 Å². The molecule has 0 spiro atoms. The Labute approximate surface area is 225 Å². The molecule has 0 bridgehead atoms. The van der Waals surface area contributed by atoms with Crippen molar-refractivity contribution in [2.24, 2.45) is 0 Å². The quantitative estimate of drug-likeness (QED) is 0.317. The molecule has 0 radical (unpaired) electrons. The molecule has 0 saturated carbocycles. The van der Waals surface area contributed by atoms with Gasteiger partial charge in [-0.25, -0.2) is 13.2 Å². The highest BCUT2D eigenvalue weighted by Gasteiger charge is 2.24. The topological polar surface area (TPSA) is 113 Å². The van der Waals surface area contributed by atoms with Crippen LogP contribution >= 0.6 is 0 Å². The van der Waals surface area contributed by atoms with E-state index in [1.54, 1.807) is 6.07 Å². The summed E-state index contributed by atoms with van der Waals surface area (Å²) in [6, 6.07) is 22.2. The van der Waals surface area contributed by atoms with E-state index in [4.69, 9.17) is 0 Å². The number of carboxylic acid groups (broad SMARTS) is 1. The average Bonchev–Trinajstić information content (AvgIpc) is 2.85. The summed E-state index contributed by atoms with van der Waals surface area (Å²) in [4.78, 5) is 25.0. The minimum atomic E-state index is -3.38. The fourth-order valence-electron chi connectivity index (χ4n) is 4.33. The van der Waals surface area contributed by atoms with Crippen LogP contribution in [0.4, 0.5) is 0 Å². The molecule has 0 aliphatic carbocycles. The summed E-state index contributed by atoms with van der Waals surface area (Å²) < 4.78 is 23.1. The fraction of sp³-hybridized carbons (Fsp3) is 0.333. The van der Waals surface area contributed by atoms with E-state index in [9.17, 15) is 23.1 Å². The lowest BCUT2D eigenvalue weighted by Crippen LogP contribution is -2.42. The van der Waals surface area contributed by atoms with E-state index in [-0.39, 0.29) is 17.7 Å². The van der Waals surface area contributed by atoms with Gasteiger partial charge < -0.3 is 15.7 Å². The lowest BCUT2D eigenvalue weighted by Gasteiger charge is -2.27.